The van der Waals surface area contributed by atoms with Crippen LogP contribution in [0.1, 0.15) is 90.4 Å². The number of rotatable bonds is 20. The predicted octanol–water partition coefficient (Wildman–Crippen LogP) is 3.27. The first-order chi connectivity index (χ1) is 16.7. The van der Waals surface area contributed by atoms with Crippen LogP contribution in [0.2, 0.25) is 0 Å². The zero-order chi connectivity index (χ0) is 24.9. The second-order valence-electron chi connectivity index (χ2n) is 8.31. The highest BCUT2D eigenvalue weighted by Crippen LogP contribution is 2.03. The highest BCUT2D eigenvalue weighted by molar-refractivity contribution is 5.32. The van der Waals surface area contributed by atoms with Crippen LogP contribution in [0.15, 0.2) is 29.0 Å². The Morgan fingerprint density at radius 1 is 0.676 bits per heavy atom. The lowest BCUT2D eigenvalue weighted by Crippen LogP contribution is -2.47. The van der Waals surface area contributed by atoms with Crippen LogP contribution >= 0.6 is 0 Å². The van der Waals surface area contributed by atoms with Crippen LogP contribution in [0.5, 0.6) is 0 Å². The van der Waals surface area contributed by atoms with E-state index >= 15 is 0 Å². The first-order valence-electron chi connectivity index (χ1n) is 12.6. The topological polar surface area (TPSA) is 128 Å². The maximum Gasteiger partial charge on any atom is 0.425 e. The van der Waals surface area contributed by atoms with Crippen LogP contribution in [0.4, 0.5) is 0 Å². The van der Waals surface area contributed by atoms with Crippen LogP contribution in [0.25, 0.3) is 0 Å². The van der Waals surface area contributed by atoms with Crippen molar-refractivity contribution in [3.05, 3.63) is 26.7 Å². The standard InChI is InChI=1S/C24H39N5O5/c1-2-3-4-5-12-17-27-22-28(18-13-8-6-10-15-25-20-30)23(32)29(24(33)34-22)19-14-9-7-11-16-26-21-31/h2-19H2,1H3/b27-22-. The largest absolute Gasteiger partial charge is 0.425 e. The third-order valence-corrected chi connectivity index (χ3v) is 5.53. The smallest absolute Gasteiger partial charge is 0.375 e. The molecule has 0 saturated heterocycles. The van der Waals surface area contributed by atoms with Crippen molar-refractivity contribution in [1.29, 1.82) is 0 Å². The Kier molecular flexibility index (Phi) is 16.9. The third-order valence-electron chi connectivity index (χ3n) is 5.53. The Bertz CT molecular complexity index is 965. The highest BCUT2D eigenvalue weighted by atomic mass is 16.4. The summed E-state index contributed by atoms with van der Waals surface area (Å²) in [5.74, 6) is -0.678. The van der Waals surface area contributed by atoms with E-state index in [4.69, 9.17) is 4.42 Å². The molecule has 1 aromatic heterocycles. The van der Waals surface area contributed by atoms with E-state index in [1.165, 1.54) is 29.6 Å². The minimum atomic E-state index is -0.678. The van der Waals surface area contributed by atoms with Crippen molar-refractivity contribution in [3.63, 3.8) is 0 Å². The highest BCUT2D eigenvalue weighted by Gasteiger charge is 2.10. The predicted molar refractivity (Wildman–Crippen MR) is 129 cm³/mol. The molecule has 0 fully saturated rings. The molecule has 10 heteroatoms. The first-order valence-corrected chi connectivity index (χ1v) is 12.6. The normalized spacial score (nSPS) is 11.3. The Balaban J connectivity index is 2.83. The molecule has 0 aliphatic heterocycles. The molecule has 0 atom stereocenters. The van der Waals surface area contributed by atoms with Gasteiger partial charge in [0.15, 0.2) is 0 Å². The fourth-order valence-corrected chi connectivity index (χ4v) is 3.60. The van der Waals surface area contributed by atoms with Gasteiger partial charge in [-0.2, -0.15) is 0 Å². The van der Waals surface area contributed by atoms with Crippen molar-refractivity contribution in [1.82, 2.24) is 9.13 Å². The minimum absolute atomic E-state index is 0.0963. The van der Waals surface area contributed by atoms with E-state index in [0.29, 0.717) is 32.6 Å². The summed E-state index contributed by atoms with van der Waals surface area (Å²) >= 11 is 0. The van der Waals surface area contributed by atoms with Gasteiger partial charge >= 0.3 is 17.1 Å². The van der Waals surface area contributed by atoms with Crippen LogP contribution in [0.3, 0.4) is 0 Å². The maximum absolute atomic E-state index is 13.1. The van der Waals surface area contributed by atoms with Crippen LogP contribution in [0, 0.1) is 0 Å². The van der Waals surface area contributed by atoms with Crippen molar-refractivity contribution in [3.8, 4) is 0 Å². The van der Waals surface area contributed by atoms with Crippen molar-refractivity contribution in [2.75, 3.05) is 19.6 Å². The summed E-state index contributed by atoms with van der Waals surface area (Å²) in [5.41, 5.74) is -0.295. The molecule has 0 aliphatic rings. The second kappa shape index (κ2) is 19.6. The van der Waals surface area contributed by atoms with Crippen molar-refractivity contribution in [2.24, 2.45) is 15.0 Å². The molecule has 10 nitrogen and oxygen atoms in total. The van der Waals surface area contributed by atoms with Gasteiger partial charge in [0, 0.05) is 19.6 Å². The van der Waals surface area contributed by atoms with E-state index in [-0.39, 0.29) is 12.2 Å². The molecule has 0 unspecified atom stereocenters. The number of isocyanates is 2. The van der Waals surface area contributed by atoms with Gasteiger partial charge in [0.1, 0.15) is 0 Å². The molecule has 0 N–H and O–H groups in total. The quantitative estimate of drug-likeness (QED) is 0.162. The van der Waals surface area contributed by atoms with Crippen molar-refractivity contribution >= 4 is 12.2 Å². The average molecular weight is 478 g/mol. The lowest BCUT2D eigenvalue weighted by molar-refractivity contribution is 0.300. The molecule has 1 rings (SSSR count). The zero-order valence-corrected chi connectivity index (χ0v) is 20.5. The molecule has 0 aliphatic carbocycles. The summed E-state index contributed by atoms with van der Waals surface area (Å²) in [6, 6.07) is 0. The van der Waals surface area contributed by atoms with Gasteiger partial charge < -0.3 is 4.42 Å². The molecule has 0 radical (unpaired) electrons. The second-order valence-corrected chi connectivity index (χ2v) is 8.31. The lowest BCUT2D eigenvalue weighted by atomic mass is 10.2. The Hall–Kier alpha value is -2.83. The summed E-state index contributed by atoms with van der Waals surface area (Å²) in [4.78, 5) is 57.3. The number of unbranched alkanes of at least 4 members (excludes halogenated alkanes) is 10. The molecule has 0 saturated carbocycles. The fourth-order valence-electron chi connectivity index (χ4n) is 3.60. The average Bonchev–Trinajstić information content (AvgIpc) is 2.83. The van der Waals surface area contributed by atoms with E-state index < -0.39 is 11.4 Å². The summed E-state index contributed by atoms with van der Waals surface area (Å²) in [7, 11) is 0. The molecule has 1 heterocycles. The van der Waals surface area contributed by atoms with Gasteiger partial charge in [-0.05, 0) is 32.1 Å². The summed E-state index contributed by atoms with van der Waals surface area (Å²) in [5, 5.41) is 0. The van der Waals surface area contributed by atoms with Crippen molar-refractivity contribution in [2.45, 2.75) is 103 Å². The number of aromatic nitrogens is 2. The maximum atomic E-state index is 13.1. The molecule has 0 spiro atoms. The molecule has 1 aromatic rings. The molecular weight excluding hydrogens is 438 g/mol. The molecular formula is C24H39N5O5. The minimum Gasteiger partial charge on any atom is -0.375 e. The van der Waals surface area contributed by atoms with Gasteiger partial charge in [0.25, 0.3) is 0 Å². The lowest BCUT2D eigenvalue weighted by Gasteiger charge is -2.10. The van der Waals surface area contributed by atoms with E-state index in [1.807, 2.05) is 0 Å². The number of carbonyl (C=O) groups excluding carboxylic acids is 2. The van der Waals surface area contributed by atoms with E-state index in [2.05, 4.69) is 21.9 Å². The number of hydrogen-bond donors (Lipinski definition) is 0. The molecule has 190 valence electrons. The summed E-state index contributed by atoms with van der Waals surface area (Å²) in [6.07, 6.45) is 14.8. The number of aliphatic imine (C=N–C) groups is 2. The third kappa shape index (κ3) is 12.4. The Morgan fingerprint density at radius 3 is 1.74 bits per heavy atom. The summed E-state index contributed by atoms with van der Waals surface area (Å²) < 4.78 is 8.07. The van der Waals surface area contributed by atoms with E-state index in [1.54, 1.807) is 0 Å². The SMILES string of the molecule is CCCCCCC/N=c1\oc(=O)n(CCCCCCN=C=O)c(=O)n1CCCCCCN=C=O. The van der Waals surface area contributed by atoms with Gasteiger partial charge in [0.05, 0.1) is 13.1 Å². The van der Waals surface area contributed by atoms with E-state index in [9.17, 15) is 19.2 Å². The number of nitrogens with zero attached hydrogens (tertiary/aromatic N) is 5. The van der Waals surface area contributed by atoms with Gasteiger partial charge in [-0.25, -0.2) is 43.3 Å². The Morgan fingerprint density at radius 2 is 1.18 bits per heavy atom. The molecule has 0 amide bonds. The van der Waals surface area contributed by atoms with Gasteiger partial charge in [-0.1, -0.05) is 58.3 Å². The molecule has 34 heavy (non-hydrogen) atoms. The van der Waals surface area contributed by atoms with Crippen molar-refractivity contribution < 1.29 is 14.0 Å². The van der Waals surface area contributed by atoms with E-state index in [0.717, 1.165) is 68.8 Å². The molecule has 0 aromatic carbocycles. The van der Waals surface area contributed by atoms with Crippen LogP contribution in [-0.4, -0.2) is 40.9 Å². The van der Waals surface area contributed by atoms with Gasteiger partial charge in [-0.15, -0.1) is 0 Å². The van der Waals surface area contributed by atoms with Gasteiger partial charge in [0.2, 0.25) is 12.2 Å². The number of hydrogen-bond acceptors (Lipinski definition) is 8. The molecule has 0 bridgehead atoms. The monoisotopic (exact) mass is 477 g/mol. The fraction of sp³-hybridized carbons (Fsp3) is 0.792. The van der Waals surface area contributed by atoms with Crippen LogP contribution in [-0.2, 0) is 22.7 Å². The Labute approximate surface area is 200 Å². The first kappa shape index (κ1) is 29.2. The van der Waals surface area contributed by atoms with Crippen LogP contribution < -0.4 is 17.1 Å². The van der Waals surface area contributed by atoms with Gasteiger partial charge in [-0.3, -0.25) is 0 Å². The zero-order valence-electron chi connectivity index (χ0n) is 20.5. The summed E-state index contributed by atoms with van der Waals surface area (Å²) in [6.45, 7) is 4.28.